The summed E-state index contributed by atoms with van der Waals surface area (Å²) in [5, 5.41) is 20.7. The van der Waals surface area contributed by atoms with Crippen LogP contribution in [0.5, 0.6) is 5.75 Å². The summed E-state index contributed by atoms with van der Waals surface area (Å²) in [7, 11) is 0. The maximum atomic E-state index is 10.2. The number of anilines is 5. The van der Waals surface area contributed by atoms with E-state index in [2.05, 4.69) is 52.0 Å². The number of rotatable bonds is 7. The van der Waals surface area contributed by atoms with Crippen LogP contribution in [0.15, 0.2) is 82.4 Å². The largest absolute Gasteiger partial charge is 0.507 e. The van der Waals surface area contributed by atoms with E-state index in [0.29, 0.717) is 17.5 Å². The van der Waals surface area contributed by atoms with Gasteiger partial charge < -0.3 is 15.7 Å². The molecule has 0 atom stereocenters. The third kappa shape index (κ3) is 5.58. The van der Waals surface area contributed by atoms with Crippen LogP contribution in [0.3, 0.4) is 0 Å². The minimum Gasteiger partial charge on any atom is -0.507 e. The Balaban J connectivity index is 1.59. The zero-order valence-corrected chi connectivity index (χ0v) is 18.7. The number of para-hydroxylation sites is 2. The standard InChI is InChI=1S/C23H20BrN7O/c1-15-12-17(24)13-16(20(15)32)14-25-31-23-29-21(26-18-8-4-2-5-9-18)28-22(30-23)27-19-10-6-3-7-11-19/h2-14,32H,1H3,(H3,26,27,28,29,30,31)/b25-14+. The molecule has 8 nitrogen and oxygen atoms in total. The van der Waals surface area contributed by atoms with Gasteiger partial charge in [-0.25, -0.2) is 5.43 Å². The average molecular weight is 490 g/mol. The van der Waals surface area contributed by atoms with Crippen molar-refractivity contribution in [1.29, 1.82) is 0 Å². The van der Waals surface area contributed by atoms with E-state index >= 15 is 0 Å². The topological polar surface area (TPSA) is 107 Å². The fourth-order valence-electron chi connectivity index (χ4n) is 2.86. The first kappa shape index (κ1) is 21.3. The highest BCUT2D eigenvalue weighted by Gasteiger charge is 2.08. The first-order valence-corrected chi connectivity index (χ1v) is 10.5. The maximum Gasteiger partial charge on any atom is 0.250 e. The quantitative estimate of drug-likeness (QED) is 0.198. The number of halogens is 1. The molecule has 0 amide bonds. The monoisotopic (exact) mass is 489 g/mol. The number of nitrogens with zero attached hydrogens (tertiary/aromatic N) is 4. The molecule has 0 aliphatic rings. The van der Waals surface area contributed by atoms with Crippen molar-refractivity contribution in [2.45, 2.75) is 6.92 Å². The van der Waals surface area contributed by atoms with Gasteiger partial charge in [-0.3, -0.25) is 0 Å². The molecule has 0 unspecified atom stereocenters. The van der Waals surface area contributed by atoms with Crippen LogP contribution in [0.2, 0.25) is 0 Å². The highest BCUT2D eigenvalue weighted by Crippen LogP contribution is 2.25. The normalized spacial score (nSPS) is 10.8. The van der Waals surface area contributed by atoms with Crippen molar-refractivity contribution in [2.24, 2.45) is 5.10 Å². The van der Waals surface area contributed by atoms with Crippen LogP contribution in [0.25, 0.3) is 0 Å². The molecular weight excluding hydrogens is 470 g/mol. The molecule has 3 aromatic carbocycles. The number of aryl methyl sites for hydroxylation is 1. The third-order valence-corrected chi connectivity index (χ3v) is 4.82. The van der Waals surface area contributed by atoms with Crippen LogP contribution in [-0.2, 0) is 0 Å². The Morgan fingerprint density at radius 1 is 0.812 bits per heavy atom. The maximum absolute atomic E-state index is 10.2. The number of phenolic OH excluding ortho intramolecular Hbond substituents is 1. The Labute approximate surface area is 193 Å². The van der Waals surface area contributed by atoms with Gasteiger partial charge in [0.15, 0.2) is 0 Å². The molecule has 4 rings (SSSR count). The molecule has 160 valence electrons. The predicted octanol–water partition coefficient (Wildman–Crippen LogP) is 5.58. The van der Waals surface area contributed by atoms with Crippen molar-refractivity contribution in [3.63, 3.8) is 0 Å². The van der Waals surface area contributed by atoms with E-state index < -0.39 is 0 Å². The first-order chi connectivity index (χ1) is 15.6. The van der Waals surface area contributed by atoms with Gasteiger partial charge >= 0.3 is 0 Å². The second-order valence-electron chi connectivity index (χ2n) is 6.82. The van der Waals surface area contributed by atoms with E-state index in [-0.39, 0.29) is 11.7 Å². The Morgan fingerprint density at radius 3 is 1.91 bits per heavy atom. The Kier molecular flexibility index (Phi) is 6.57. The minimum absolute atomic E-state index is 0.160. The molecule has 1 heterocycles. The summed E-state index contributed by atoms with van der Waals surface area (Å²) in [5.41, 5.74) is 5.79. The van der Waals surface area contributed by atoms with Crippen LogP contribution >= 0.6 is 15.9 Å². The van der Waals surface area contributed by atoms with Crippen LogP contribution in [0.4, 0.5) is 29.2 Å². The Morgan fingerprint density at radius 2 is 1.34 bits per heavy atom. The number of nitrogens with one attached hydrogen (secondary N) is 3. The van der Waals surface area contributed by atoms with Crippen LogP contribution in [0, 0.1) is 6.92 Å². The molecule has 32 heavy (non-hydrogen) atoms. The fourth-order valence-corrected chi connectivity index (χ4v) is 3.45. The van der Waals surface area contributed by atoms with E-state index in [1.165, 1.54) is 6.21 Å². The number of hydrogen-bond acceptors (Lipinski definition) is 8. The first-order valence-electron chi connectivity index (χ1n) is 9.75. The van der Waals surface area contributed by atoms with Crippen molar-refractivity contribution < 1.29 is 5.11 Å². The average Bonchev–Trinajstić information content (AvgIpc) is 2.78. The minimum atomic E-state index is 0.160. The molecule has 0 fully saturated rings. The molecule has 0 saturated heterocycles. The van der Waals surface area contributed by atoms with E-state index in [1.54, 1.807) is 6.07 Å². The third-order valence-electron chi connectivity index (χ3n) is 4.36. The van der Waals surface area contributed by atoms with Crippen LogP contribution in [-0.4, -0.2) is 26.3 Å². The van der Waals surface area contributed by atoms with Gasteiger partial charge in [0, 0.05) is 21.4 Å². The summed E-state index contributed by atoms with van der Waals surface area (Å²) < 4.78 is 0.845. The number of hydrazone groups is 1. The number of hydrogen-bond donors (Lipinski definition) is 4. The van der Waals surface area contributed by atoms with Gasteiger partial charge in [0.25, 0.3) is 0 Å². The van der Waals surface area contributed by atoms with Gasteiger partial charge in [0.05, 0.1) is 6.21 Å². The van der Waals surface area contributed by atoms with Gasteiger partial charge in [-0.05, 0) is 48.9 Å². The molecule has 0 radical (unpaired) electrons. The highest BCUT2D eigenvalue weighted by atomic mass is 79.9. The molecule has 0 aliphatic heterocycles. The van der Waals surface area contributed by atoms with Gasteiger partial charge in [-0.2, -0.15) is 20.1 Å². The summed E-state index contributed by atoms with van der Waals surface area (Å²) >= 11 is 3.42. The van der Waals surface area contributed by atoms with Gasteiger partial charge in [-0.15, -0.1) is 0 Å². The van der Waals surface area contributed by atoms with Crippen molar-refractivity contribution in [3.05, 3.63) is 88.4 Å². The summed E-state index contributed by atoms with van der Waals surface area (Å²) in [6.45, 7) is 1.82. The molecule has 0 spiro atoms. The summed E-state index contributed by atoms with van der Waals surface area (Å²) in [6.07, 6.45) is 1.51. The van der Waals surface area contributed by atoms with E-state index in [4.69, 9.17) is 0 Å². The predicted molar refractivity (Wildman–Crippen MR) is 131 cm³/mol. The van der Waals surface area contributed by atoms with Gasteiger partial charge in [0.2, 0.25) is 17.8 Å². The molecule has 4 N–H and O–H groups in total. The molecule has 9 heteroatoms. The van der Waals surface area contributed by atoms with Crippen LogP contribution in [0.1, 0.15) is 11.1 Å². The zero-order valence-electron chi connectivity index (χ0n) is 17.1. The lowest BCUT2D eigenvalue weighted by molar-refractivity contribution is 0.470. The van der Waals surface area contributed by atoms with Crippen LogP contribution < -0.4 is 16.1 Å². The van der Waals surface area contributed by atoms with Crippen molar-refractivity contribution >= 4 is 51.4 Å². The Hall–Kier alpha value is -3.98. The summed E-state index contributed by atoms with van der Waals surface area (Å²) in [6, 6.07) is 22.8. The number of benzene rings is 3. The second-order valence-corrected chi connectivity index (χ2v) is 7.73. The lowest BCUT2D eigenvalue weighted by Gasteiger charge is -2.10. The Bertz CT molecular complexity index is 1170. The van der Waals surface area contributed by atoms with Gasteiger partial charge in [-0.1, -0.05) is 52.3 Å². The highest BCUT2D eigenvalue weighted by molar-refractivity contribution is 9.10. The summed E-state index contributed by atoms with van der Waals surface area (Å²) in [4.78, 5) is 13.2. The fraction of sp³-hybridized carbons (Fsp3) is 0.0435. The van der Waals surface area contributed by atoms with E-state index in [9.17, 15) is 5.11 Å². The molecule has 0 saturated carbocycles. The molecule has 4 aromatic rings. The number of aromatic nitrogens is 3. The van der Waals surface area contributed by atoms with Crippen molar-refractivity contribution in [2.75, 3.05) is 16.1 Å². The lowest BCUT2D eigenvalue weighted by Crippen LogP contribution is -2.07. The molecular formula is C23H20BrN7O. The van der Waals surface area contributed by atoms with Gasteiger partial charge in [0.1, 0.15) is 5.75 Å². The second kappa shape index (κ2) is 9.88. The smallest absolute Gasteiger partial charge is 0.250 e. The van der Waals surface area contributed by atoms with E-state index in [0.717, 1.165) is 21.4 Å². The molecule has 1 aromatic heterocycles. The zero-order chi connectivity index (χ0) is 22.3. The van der Waals surface area contributed by atoms with E-state index in [1.807, 2.05) is 73.7 Å². The molecule has 0 bridgehead atoms. The number of aromatic hydroxyl groups is 1. The number of phenols is 1. The van der Waals surface area contributed by atoms with Crippen molar-refractivity contribution in [1.82, 2.24) is 15.0 Å². The molecule has 0 aliphatic carbocycles. The lowest BCUT2D eigenvalue weighted by atomic mass is 10.1. The summed E-state index contributed by atoms with van der Waals surface area (Å²) in [5.74, 6) is 1.10. The van der Waals surface area contributed by atoms with Crippen molar-refractivity contribution in [3.8, 4) is 5.75 Å². The SMILES string of the molecule is Cc1cc(Br)cc(/C=N/Nc2nc(Nc3ccccc3)nc(Nc3ccccc3)n2)c1O.